The second-order valence-corrected chi connectivity index (χ2v) is 5.20. The van der Waals surface area contributed by atoms with E-state index in [0.29, 0.717) is 18.4 Å². The summed E-state index contributed by atoms with van der Waals surface area (Å²) in [6.45, 7) is 8.79. The molecule has 0 spiro atoms. The van der Waals surface area contributed by atoms with Crippen LogP contribution < -0.4 is 5.73 Å². The fourth-order valence-electron chi connectivity index (χ4n) is 2.61. The molecule has 1 rings (SSSR count). The van der Waals surface area contributed by atoms with Crippen molar-refractivity contribution in [1.29, 1.82) is 0 Å². The first-order valence-electron chi connectivity index (χ1n) is 7.44. The van der Waals surface area contributed by atoms with E-state index in [1.54, 1.807) is 0 Å². The molecular formula is C14H29N3O. The lowest BCUT2D eigenvalue weighted by atomic mass is 10.1. The molecule has 1 aliphatic heterocycles. The Labute approximate surface area is 111 Å². The van der Waals surface area contributed by atoms with Crippen LogP contribution in [0, 0.1) is 0 Å². The Balaban J connectivity index is 2.33. The minimum absolute atomic E-state index is 0.330. The summed E-state index contributed by atoms with van der Waals surface area (Å²) in [4.78, 5) is 16.4. The van der Waals surface area contributed by atoms with Gasteiger partial charge in [0.2, 0.25) is 5.91 Å². The largest absolute Gasteiger partial charge is 0.340 e. The van der Waals surface area contributed by atoms with Crippen LogP contribution in [-0.2, 0) is 4.79 Å². The van der Waals surface area contributed by atoms with Crippen molar-refractivity contribution in [3.63, 3.8) is 0 Å². The van der Waals surface area contributed by atoms with E-state index < -0.39 is 0 Å². The zero-order chi connectivity index (χ0) is 13.4. The first-order chi connectivity index (χ1) is 8.72. The molecule has 1 aliphatic rings. The highest BCUT2D eigenvalue weighted by Gasteiger charge is 2.24. The minimum Gasteiger partial charge on any atom is -0.340 e. The van der Waals surface area contributed by atoms with Gasteiger partial charge in [-0.1, -0.05) is 26.7 Å². The molecule has 1 heterocycles. The standard InChI is InChI=1S/C14H29N3O/c1-3-5-7-14(18)17-10-8-16(9-11-17)13(12-15)6-4-2/h13H,3-12,15H2,1-2H3. The van der Waals surface area contributed by atoms with E-state index in [0.717, 1.165) is 45.6 Å². The summed E-state index contributed by atoms with van der Waals surface area (Å²) < 4.78 is 0. The topological polar surface area (TPSA) is 49.6 Å². The maximum Gasteiger partial charge on any atom is 0.222 e. The van der Waals surface area contributed by atoms with Crippen LogP contribution in [0.4, 0.5) is 0 Å². The number of nitrogens with two attached hydrogens (primary N) is 1. The molecule has 2 N–H and O–H groups in total. The normalized spacial score (nSPS) is 18.9. The number of hydrogen-bond acceptors (Lipinski definition) is 3. The first kappa shape index (κ1) is 15.4. The number of unbranched alkanes of at least 4 members (excludes halogenated alkanes) is 1. The van der Waals surface area contributed by atoms with Gasteiger partial charge in [-0.2, -0.15) is 0 Å². The van der Waals surface area contributed by atoms with Gasteiger partial charge >= 0.3 is 0 Å². The Morgan fingerprint density at radius 3 is 2.33 bits per heavy atom. The van der Waals surface area contributed by atoms with E-state index in [1.807, 2.05) is 4.90 Å². The lowest BCUT2D eigenvalue weighted by Crippen LogP contribution is -2.53. The van der Waals surface area contributed by atoms with Crippen molar-refractivity contribution in [2.24, 2.45) is 5.73 Å². The Morgan fingerprint density at radius 2 is 1.83 bits per heavy atom. The van der Waals surface area contributed by atoms with Gasteiger partial charge in [0.25, 0.3) is 0 Å². The van der Waals surface area contributed by atoms with Crippen LogP contribution in [0.3, 0.4) is 0 Å². The third-order valence-corrected chi connectivity index (χ3v) is 3.82. The van der Waals surface area contributed by atoms with Crippen LogP contribution in [0.15, 0.2) is 0 Å². The zero-order valence-electron chi connectivity index (χ0n) is 12.0. The molecule has 18 heavy (non-hydrogen) atoms. The van der Waals surface area contributed by atoms with Crippen LogP contribution in [0.1, 0.15) is 46.0 Å². The summed E-state index contributed by atoms with van der Waals surface area (Å²) in [5.74, 6) is 0.330. The summed E-state index contributed by atoms with van der Waals surface area (Å²) in [6, 6.07) is 0.503. The highest BCUT2D eigenvalue weighted by Crippen LogP contribution is 2.11. The van der Waals surface area contributed by atoms with Crippen LogP contribution in [-0.4, -0.2) is 54.5 Å². The molecule has 1 fully saturated rings. The molecule has 0 aromatic rings. The average Bonchev–Trinajstić information content (AvgIpc) is 2.42. The molecule has 1 saturated heterocycles. The molecule has 1 unspecified atom stereocenters. The van der Waals surface area contributed by atoms with Gasteiger partial charge in [0, 0.05) is 45.2 Å². The van der Waals surface area contributed by atoms with Gasteiger partial charge in [-0.3, -0.25) is 9.69 Å². The van der Waals surface area contributed by atoms with Gasteiger partial charge in [0.15, 0.2) is 0 Å². The molecule has 4 heteroatoms. The number of rotatable bonds is 7. The summed E-state index contributed by atoms with van der Waals surface area (Å²) in [5.41, 5.74) is 5.83. The summed E-state index contributed by atoms with van der Waals surface area (Å²) in [6.07, 6.45) is 5.17. The van der Waals surface area contributed by atoms with Crippen molar-refractivity contribution in [1.82, 2.24) is 9.80 Å². The average molecular weight is 255 g/mol. The second-order valence-electron chi connectivity index (χ2n) is 5.20. The molecule has 1 atom stereocenters. The summed E-state index contributed by atoms with van der Waals surface area (Å²) >= 11 is 0. The van der Waals surface area contributed by atoms with E-state index in [2.05, 4.69) is 18.7 Å². The number of amides is 1. The Bertz CT molecular complexity index is 237. The van der Waals surface area contributed by atoms with Crippen molar-refractivity contribution in [2.75, 3.05) is 32.7 Å². The molecule has 0 radical (unpaired) electrons. The van der Waals surface area contributed by atoms with Gasteiger partial charge in [-0.25, -0.2) is 0 Å². The van der Waals surface area contributed by atoms with Crippen LogP contribution in [0.25, 0.3) is 0 Å². The van der Waals surface area contributed by atoms with Gasteiger partial charge in [-0.05, 0) is 12.8 Å². The molecule has 106 valence electrons. The molecule has 0 bridgehead atoms. The molecule has 0 aromatic carbocycles. The zero-order valence-corrected chi connectivity index (χ0v) is 12.0. The molecule has 1 amide bonds. The van der Waals surface area contributed by atoms with Crippen LogP contribution in [0.5, 0.6) is 0 Å². The lowest BCUT2D eigenvalue weighted by molar-refractivity contribution is -0.133. The number of nitrogens with zero attached hydrogens (tertiary/aromatic N) is 2. The molecular weight excluding hydrogens is 226 g/mol. The molecule has 0 saturated carbocycles. The highest BCUT2D eigenvalue weighted by molar-refractivity contribution is 5.76. The van der Waals surface area contributed by atoms with Crippen molar-refractivity contribution in [2.45, 2.75) is 52.0 Å². The second kappa shape index (κ2) is 8.48. The number of hydrogen-bond donors (Lipinski definition) is 1. The van der Waals surface area contributed by atoms with Crippen molar-refractivity contribution in [3.8, 4) is 0 Å². The van der Waals surface area contributed by atoms with Gasteiger partial charge < -0.3 is 10.6 Å². The van der Waals surface area contributed by atoms with Gasteiger partial charge in [-0.15, -0.1) is 0 Å². The third kappa shape index (κ3) is 4.58. The SMILES string of the molecule is CCCCC(=O)N1CCN(C(CN)CCC)CC1. The number of carbonyl (C=O) groups excluding carboxylic acids is 1. The monoisotopic (exact) mass is 255 g/mol. The Hall–Kier alpha value is -0.610. The predicted octanol–water partition coefficient (Wildman–Crippen LogP) is 1.45. The Kier molecular flexibility index (Phi) is 7.28. The van der Waals surface area contributed by atoms with E-state index >= 15 is 0 Å². The van der Waals surface area contributed by atoms with E-state index in [-0.39, 0.29) is 0 Å². The summed E-state index contributed by atoms with van der Waals surface area (Å²) in [5, 5.41) is 0. The van der Waals surface area contributed by atoms with Gasteiger partial charge in [0.05, 0.1) is 0 Å². The third-order valence-electron chi connectivity index (χ3n) is 3.82. The first-order valence-corrected chi connectivity index (χ1v) is 7.44. The van der Waals surface area contributed by atoms with E-state index in [9.17, 15) is 4.79 Å². The van der Waals surface area contributed by atoms with E-state index in [4.69, 9.17) is 5.73 Å². The highest BCUT2D eigenvalue weighted by atomic mass is 16.2. The number of carbonyl (C=O) groups is 1. The number of piperazine rings is 1. The maximum atomic E-state index is 11.9. The molecule has 0 aromatic heterocycles. The minimum atomic E-state index is 0.330. The van der Waals surface area contributed by atoms with Crippen LogP contribution >= 0.6 is 0 Å². The van der Waals surface area contributed by atoms with Gasteiger partial charge in [0.1, 0.15) is 0 Å². The Morgan fingerprint density at radius 1 is 1.17 bits per heavy atom. The van der Waals surface area contributed by atoms with Crippen molar-refractivity contribution in [3.05, 3.63) is 0 Å². The quantitative estimate of drug-likeness (QED) is 0.749. The van der Waals surface area contributed by atoms with Crippen molar-refractivity contribution >= 4 is 5.91 Å². The fourth-order valence-corrected chi connectivity index (χ4v) is 2.61. The fraction of sp³-hybridized carbons (Fsp3) is 0.929. The maximum absolute atomic E-state index is 11.9. The van der Waals surface area contributed by atoms with Crippen LogP contribution in [0.2, 0.25) is 0 Å². The molecule has 4 nitrogen and oxygen atoms in total. The predicted molar refractivity (Wildman–Crippen MR) is 75.4 cm³/mol. The molecule has 0 aliphatic carbocycles. The smallest absolute Gasteiger partial charge is 0.222 e. The summed E-state index contributed by atoms with van der Waals surface area (Å²) in [7, 11) is 0. The lowest BCUT2D eigenvalue weighted by Gasteiger charge is -2.39. The van der Waals surface area contributed by atoms with E-state index in [1.165, 1.54) is 12.8 Å². The van der Waals surface area contributed by atoms with Crippen molar-refractivity contribution < 1.29 is 4.79 Å².